The molecule has 0 aliphatic heterocycles. The van der Waals surface area contributed by atoms with Crippen LogP contribution in [0.2, 0.25) is 0 Å². The van der Waals surface area contributed by atoms with Crippen molar-refractivity contribution in [2.75, 3.05) is 6.61 Å². The van der Waals surface area contributed by atoms with Crippen molar-refractivity contribution >= 4 is 23.2 Å². The van der Waals surface area contributed by atoms with E-state index in [0.717, 1.165) is 16.7 Å². The number of aromatic nitrogens is 1. The Bertz CT molecular complexity index is 1230. The molecule has 4 rings (SSSR count). The fraction of sp³-hybridized carbons (Fsp3) is 0.148. The van der Waals surface area contributed by atoms with E-state index in [9.17, 15) is 9.59 Å². The lowest BCUT2D eigenvalue weighted by atomic mass is 10.1. The number of rotatable bonds is 10. The molecule has 0 aliphatic rings. The van der Waals surface area contributed by atoms with Crippen LogP contribution in [0.1, 0.15) is 16.3 Å². The summed E-state index contributed by atoms with van der Waals surface area (Å²) in [6.45, 7) is 0.302. The molecule has 1 aromatic heterocycles. The monoisotopic (exact) mass is 472 g/mol. The molecule has 0 spiro atoms. The molecular formula is C27H24N2O4S. The van der Waals surface area contributed by atoms with Gasteiger partial charge in [-0.1, -0.05) is 78.9 Å². The lowest BCUT2D eigenvalue weighted by molar-refractivity contribution is -0.147. The molecule has 1 heterocycles. The predicted molar refractivity (Wildman–Crippen MR) is 131 cm³/mol. The number of carbonyl (C=O) groups is 2. The standard InChI is InChI=1S/C27H24N2O4S/c30-25(28-16-20-9-3-1-4-10-20)15-26-29-22(19-34-26)17-33-27(31)18-32-24-14-8-7-13-23(24)21-11-5-2-6-12-21/h1-14,19H,15-18H2,(H,28,30). The van der Waals surface area contributed by atoms with Gasteiger partial charge in [-0.15, -0.1) is 11.3 Å². The van der Waals surface area contributed by atoms with Gasteiger partial charge in [-0.2, -0.15) is 0 Å². The second kappa shape index (κ2) is 11.8. The van der Waals surface area contributed by atoms with Crippen LogP contribution in [-0.2, 0) is 33.9 Å². The summed E-state index contributed by atoms with van der Waals surface area (Å²) in [5.74, 6) is 0.0216. The van der Waals surface area contributed by atoms with E-state index >= 15 is 0 Å². The molecule has 1 N–H and O–H groups in total. The average molecular weight is 473 g/mol. The smallest absolute Gasteiger partial charge is 0.344 e. The van der Waals surface area contributed by atoms with Gasteiger partial charge in [0.25, 0.3) is 0 Å². The minimum absolute atomic E-state index is 0.0324. The third-order valence-corrected chi connectivity index (χ3v) is 5.84. The average Bonchev–Trinajstić information content (AvgIpc) is 3.33. The van der Waals surface area contributed by atoms with Gasteiger partial charge in [-0.05, 0) is 17.2 Å². The van der Waals surface area contributed by atoms with Gasteiger partial charge < -0.3 is 14.8 Å². The first-order valence-corrected chi connectivity index (χ1v) is 11.7. The zero-order valence-electron chi connectivity index (χ0n) is 18.5. The molecule has 34 heavy (non-hydrogen) atoms. The molecule has 6 nitrogen and oxygen atoms in total. The predicted octanol–water partition coefficient (Wildman–Crippen LogP) is 4.79. The molecule has 0 atom stereocenters. The summed E-state index contributed by atoms with van der Waals surface area (Å²) in [5.41, 5.74) is 3.56. The van der Waals surface area contributed by atoms with Crippen LogP contribution < -0.4 is 10.1 Å². The first kappa shape index (κ1) is 23.2. The van der Waals surface area contributed by atoms with E-state index in [1.807, 2.05) is 84.9 Å². The number of nitrogens with one attached hydrogen (secondary N) is 1. The second-order valence-electron chi connectivity index (χ2n) is 7.48. The van der Waals surface area contributed by atoms with E-state index < -0.39 is 5.97 Å². The molecule has 3 aromatic carbocycles. The topological polar surface area (TPSA) is 77.5 Å². The van der Waals surface area contributed by atoms with E-state index in [1.165, 1.54) is 11.3 Å². The van der Waals surface area contributed by atoms with Gasteiger partial charge in [-0.3, -0.25) is 4.79 Å². The van der Waals surface area contributed by atoms with Crippen LogP contribution in [0.3, 0.4) is 0 Å². The summed E-state index contributed by atoms with van der Waals surface area (Å²) in [5, 5.41) is 5.34. The SMILES string of the molecule is O=C(Cc1nc(COC(=O)COc2ccccc2-c2ccccc2)cs1)NCc1ccccc1. The van der Waals surface area contributed by atoms with Crippen molar-refractivity contribution in [3.8, 4) is 16.9 Å². The first-order chi connectivity index (χ1) is 16.7. The van der Waals surface area contributed by atoms with Crippen LogP contribution in [0.25, 0.3) is 11.1 Å². The number of benzene rings is 3. The number of esters is 1. The van der Waals surface area contributed by atoms with Crippen molar-refractivity contribution in [2.24, 2.45) is 0 Å². The molecule has 0 saturated carbocycles. The number of nitrogens with zero attached hydrogens (tertiary/aromatic N) is 1. The Kier molecular flexibility index (Phi) is 8.03. The van der Waals surface area contributed by atoms with E-state index in [1.54, 1.807) is 5.38 Å². The summed E-state index contributed by atoms with van der Waals surface area (Å²) in [6.07, 6.45) is 0.185. The van der Waals surface area contributed by atoms with Crippen LogP contribution in [-0.4, -0.2) is 23.5 Å². The molecule has 0 unspecified atom stereocenters. The number of para-hydroxylation sites is 1. The maximum atomic E-state index is 12.2. The molecule has 1 amide bonds. The summed E-state index contributed by atoms with van der Waals surface area (Å²) in [7, 11) is 0. The van der Waals surface area contributed by atoms with Crippen molar-refractivity contribution in [2.45, 2.75) is 19.6 Å². The number of ether oxygens (including phenoxy) is 2. The van der Waals surface area contributed by atoms with Gasteiger partial charge in [0.15, 0.2) is 6.61 Å². The third-order valence-electron chi connectivity index (χ3n) is 4.94. The fourth-order valence-electron chi connectivity index (χ4n) is 3.27. The van der Waals surface area contributed by atoms with E-state index in [2.05, 4.69) is 10.3 Å². The summed E-state index contributed by atoms with van der Waals surface area (Å²) < 4.78 is 11.0. The lowest BCUT2D eigenvalue weighted by Gasteiger charge is -2.11. The Labute approximate surface area is 202 Å². The minimum atomic E-state index is -0.488. The van der Waals surface area contributed by atoms with Gasteiger partial charge in [0, 0.05) is 17.5 Å². The Balaban J connectivity index is 1.22. The Hall–Kier alpha value is -3.97. The summed E-state index contributed by atoms with van der Waals surface area (Å²) in [4.78, 5) is 28.8. The molecule has 7 heteroatoms. The molecular weight excluding hydrogens is 448 g/mol. The largest absolute Gasteiger partial charge is 0.481 e. The number of carbonyl (C=O) groups excluding carboxylic acids is 2. The van der Waals surface area contributed by atoms with Crippen LogP contribution >= 0.6 is 11.3 Å². The minimum Gasteiger partial charge on any atom is -0.481 e. The highest BCUT2D eigenvalue weighted by Gasteiger charge is 2.12. The van der Waals surface area contributed by atoms with Crippen molar-refractivity contribution in [3.63, 3.8) is 0 Å². The zero-order valence-corrected chi connectivity index (χ0v) is 19.3. The van der Waals surface area contributed by atoms with E-state index in [4.69, 9.17) is 9.47 Å². The van der Waals surface area contributed by atoms with Crippen molar-refractivity contribution in [1.82, 2.24) is 10.3 Å². The van der Waals surface area contributed by atoms with E-state index in [-0.39, 0.29) is 25.5 Å². The van der Waals surface area contributed by atoms with Gasteiger partial charge >= 0.3 is 5.97 Å². The van der Waals surface area contributed by atoms with Crippen LogP contribution in [0, 0.1) is 0 Å². The number of hydrogen-bond donors (Lipinski definition) is 1. The fourth-order valence-corrected chi connectivity index (χ4v) is 4.05. The molecule has 4 aromatic rings. The highest BCUT2D eigenvalue weighted by molar-refractivity contribution is 7.09. The van der Waals surface area contributed by atoms with Gasteiger partial charge in [0.2, 0.25) is 5.91 Å². The molecule has 0 aliphatic carbocycles. The van der Waals surface area contributed by atoms with E-state index in [0.29, 0.717) is 23.0 Å². The molecule has 0 saturated heterocycles. The van der Waals surface area contributed by atoms with Crippen LogP contribution in [0.15, 0.2) is 90.3 Å². The Morgan fingerprint density at radius 2 is 1.59 bits per heavy atom. The molecule has 0 radical (unpaired) electrons. The molecule has 0 bridgehead atoms. The summed E-state index contributed by atoms with van der Waals surface area (Å²) in [6, 6.07) is 27.1. The van der Waals surface area contributed by atoms with Crippen molar-refractivity contribution in [1.29, 1.82) is 0 Å². The Morgan fingerprint density at radius 3 is 2.38 bits per heavy atom. The molecule has 0 fully saturated rings. The van der Waals surface area contributed by atoms with Gasteiger partial charge in [0.1, 0.15) is 17.4 Å². The quantitative estimate of drug-likeness (QED) is 0.336. The maximum absolute atomic E-state index is 12.2. The van der Waals surface area contributed by atoms with Crippen molar-refractivity contribution in [3.05, 3.63) is 107 Å². The Morgan fingerprint density at radius 1 is 0.882 bits per heavy atom. The first-order valence-electron chi connectivity index (χ1n) is 10.8. The zero-order chi connectivity index (χ0) is 23.6. The second-order valence-corrected chi connectivity index (χ2v) is 8.43. The third kappa shape index (κ3) is 6.76. The van der Waals surface area contributed by atoms with Gasteiger partial charge in [-0.25, -0.2) is 9.78 Å². The number of thiazole rings is 1. The summed E-state index contributed by atoms with van der Waals surface area (Å²) >= 11 is 1.37. The number of hydrogen-bond acceptors (Lipinski definition) is 6. The van der Waals surface area contributed by atoms with Crippen LogP contribution in [0.4, 0.5) is 0 Å². The number of amides is 1. The normalized spacial score (nSPS) is 10.5. The highest BCUT2D eigenvalue weighted by Crippen LogP contribution is 2.29. The highest BCUT2D eigenvalue weighted by atomic mass is 32.1. The van der Waals surface area contributed by atoms with Gasteiger partial charge in [0.05, 0.1) is 12.1 Å². The lowest BCUT2D eigenvalue weighted by Crippen LogP contribution is -2.24. The molecule has 172 valence electrons. The van der Waals surface area contributed by atoms with Crippen LogP contribution in [0.5, 0.6) is 5.75 Å². The maximum Gasteiger partial charge on any atom is 0.344 e. The van der Waals surface area contributed by atoms with Crippen molar-refractivity contribution < 1.29 is 19.1 Å².